The summed E-state index contributed by atoms with van der Waals surface area (Å²) in [5.74, 6) is 1.82. The van der Waals surface area contributed by atoms with Gasteiger partial charge in [0.1, 0.15) is 10.8 Å². The largest absolute Gasteiger partial charge is 0.355 e. The van der Waals surface area contributed by atoms with Gasteiger partial charge in [-0.05, 0) is 30.9 Å². The van der Waals surface area contributed by atoms with Crippen LogP contribution < -0.4 is 10.5 Å². The van der Waals surface area contributed by atoms with Crippen molar-refractivity contribution in [2.24, 2.45) is 5.92 Å². The quantitative estimate of drug-likeness (QED) is 0.926. The maximum atomic E-state index is 12.1. The molecule has 110 valence electrons. The fourth-order valence-corrected chi connectivity index (χ4v) is 2.73. The molecular formula is C15H17ClN4O. The Morgan fingerprint density at radius 1 is 1.29 bits per heavy atom. The number of aromatic amines is 1. The molecule has 2 aromatic rings. The van der Waals surface area contributed by atoms with E-state index in [0.29, 0.717) is 17.6 Å². The second-order valence-electron chi connectivity index (χ2n) is 5.46. The Bertz CT molecular complexity index is 678. The number of H-pyrrole nitrogens is 1. The molecule has 0 radical (unpaired) electrons. The predicted molar refractivity (Wildman–Crippen MR) is 83.7 cm³/mol. The summed E-state index contributed by atoms with van der Waals surface area (Å²) >= 11 is 6.16. The molecule has 0 spiro atoms. The molecule has 1 fully saturated rings. The van der Waals surface area contributed by atoms with Crippen LogP contribution in [0, 0.1) is 5.92 Å². The smallest absolute Gasteiger partial charge is 0.272 e. The van der Waals surface area contributed by atoms with Crippen LogP contribution in [-0.2, 0) is 0 Å². The van der Waals surface area contributed by atoms with Gasteiger partial charge in [0.05, 0.1) is 0 Å². The lowest BCUT2D eigenvalue weighted by molar-refractivity contribution is 0.436. The SMILES string of the molecule is CC1CCN(c2nc(-c3ccncc3)[nH]c(=O)c2Cl)CC1. The molecular weight excluding hydrogens is 288 g/mol. The minimum atomic E-state index is -0.299. The first-order valence-electron chi connectivity index (χ1n) is 7.10. The van der Waals surface area contributed by atoms with Gasteiger partial charge in [-0.25, -0.2) is 4.98 Å². The minimum Gasteiger partial charge on any atom is -0.355 e. The number of rotatable bonds is 2. The van der Waals surface area contributed by atoms with Crippen LogP contribution in [0.25, 0.3) is 11.4 Å². The average Bonchev–Trinajstić information content (AvgIpc) is 2.52. The van der Waals surface area contributed by atoms with E-state index in [9.17, 15) is 4.79 Å². The number of nitrogens with zero attached hydrogens (tertiary/aromatic N) is 3. The van der Waals surface area contributed by atoms with Gasteiger partial charge >= 0.3 is 0 Å². The summed E-state index contributed by atoms with van der Waals surface area (Å²) in [5, 5.41) is 0.169. The number of halogens is 1. The number of pyridine rings is 1. The zero-order valence-electron chi connectivity index (χ0n) is 11.8. The van der Waals surface area contributed by atoms with Crippen molar-refractivity contribution in [1.82, 2.24) is 15.0 Å². The molecule has 0 atom stereocenters. The van der Waals surface area contributed by atoms with Gasteiger partial charge in [0.25, 0.3) is 5.56 Å². The Morgan fingerprint density at radius 2 is 1.95 bits per heavy atom. The normalized spacial score (nSPS) is 16.2. The molecule has 3 rings (SSSR count). The van der Waals surface area contributed by atoms with Crippen LogP contribution >= 0.6 is 11.6 Å². The Morgan fingerprint density at radius 3 is 2.62 bits per heavy atom. The fraction of sp³-hybridized carbons (Fsp3) is 0.400. The molecule has 2 aromatic heterocycles. The standard InChI is InChI=1S/C15H17ClN4O/c1-10-4-8-20(9-5-10)14-12(16)15(21)19-13(18-14)11-2-6-17-7-3-11/h2-3,6-7,10H,4-5,8-9H2,1H3,(H,18,19,21). The van der Waals surface area contributed by atoms with Crippen LogP contribution in [0.5, 0.6) is 0 Å². The van der Waals surface area contributed by atoms with Crippen molar-refractivity contribution in [3.8, 4) is 11.4 Å². The lowest BCUT2D eigenvalue weighted by Gasteiger charge is -2.31. The number of piperidine rings is 1. The Labute approximate surface area is 128 Å². The third-order valence-corrected chi connectivity index (χ3v) is 4.22. The van der Waals surface area contributed by atoms with E-state index in [2.05, 4.69) is 26.8 Å². The van der Waals surface area contributed by atoms with Crippen molar-refractivity contribution in [3.05, 3.63) is 39.9 Å². The molecule has 0 aromatic carbocycles. The van der Waals surface area contributed by atoms with Crippen molar-refractivity contribution < 1.29 is 0 Å². The van der Waals surface area contributed by atoms with Crippen molar-refractivity contribution >= 4 is 17.4 Å². The second kappa shape index (κ2) is 5.85. The van der Waals surface area contributed by atoms with Gasteiger partial charge in [-0.2, -0.15) is 0 Å². The van der Waals surface area contributed by atoms with E-state index in [1.54, 1.807) is 12.4 Å². The molecule has 1 aliphatic rings. The summed E-state index contributed by atoms with van der Waals surface area (Å²) in [6.45, 7) is 4.01. The first kappa shape index (κ1) is 14.1. The van der Waals surface area contributed by atoms with Crippen molar-refractivity contribution in [1.29, 1.82) is 0 Å². The van der Waals surface area contributed by atoms with Crippen molar-refractivity contribution in [3.63, 3.8) is 0 Å². The Kier molecular flexibility index (Phi) is 3.92. The van der Waals surface area contributed by atoms with Crippen LogP contribution in [0.2, 0.25) is 5.02 Å². The van der Waals surface area contributed by atoms with Gasteiger partial charge in [-0.3, -0.25) is 9.78 Å². The highest BCUT2D eigenvalue weighted by molar-refractivity contribution is 6.32. The van der Waals surface area contributed by atoms with E-state index in [1.165, 1.54) is 0 Å². The van der Waals surface area contributed by atoms with Crippen LogP contribution in [0.1, 0.15) is 19.8 Å². The molecule has 0 saturated carbocycles. The number of hydrogen-bond donors (Lipinski definition) is 1. The molecule has 0 aliphatic carbocycles. The number of hydrogen-bond acceptors (Lipinski definition) is 4. The van der Waals surface area contributed by atoms with Crippen LogP contribution in [-0.4, -0.2) is 28.0 Å². The van der Waals surface area contributed by atoms with E-state index < -0.39 is 0 Å². The van der Waals surface area contributed by atoms with Crippen LogP contribution in [0.4, 0.5) is 5.82 Å². The van der Waals surface area contributed by atoms with Gasteiger partial charge in [-0.1, -0.05) is 18.5 Å². The van der Waals surface area contributed by atoms with E-state index in [1.807, 2.05) is 12.1 Å². The first-order chi connectivity index (χ1) is 10.1. The highest BCUT2D eigenvalue weighted by atomic mass is 35.5. The van der Waals surface area contributed by atoms with Gasteiger partial charge < -0.3 is 9.88 Å². The third kappa shape index (κ3) is 2.93. The first-order valence-corrected chi connectivity index (χ1v) is 7.48. The summed E-state index contributed by atoms with van der Waals surface area (Å²) in [5.41, 5.74) is 0.525. The van der Waals surface area contributed by atoms with E-state index in [4.69, 9.17) is 11.6 Å². The molecule has 0 bridgehead atoms. The molecule has 1 aliphatic heterocycles. The van der Waals surface area contributed by atoms with Gasteiger partial charge in [0, 0.05) is 31.0 Å². The van der Waals surface area contributed by atoms with Crippen molar-refractivity contribution in [2.45, 2.75) is 19.8 Å². The molecule has 0 unspecified atom stereocenters. The van der Waals surface area contributed by atoms with E-state index >= 15 is 0 Å². The Hall–Kier alpha value is -1.88. The topological polar surface area (TPSA) is 61.9 Å². The third-order valence-electron chi connectivity index (χ3n) is 3.88. The van der Waals surface area contributed by atoms with E-state index in [0.717, 1.165) is 31.5 Å². The maximum Gasteiger partial charge on any atom is 0.272 e. The molecule has 6 heteroatoms. The predicted octanol–water partition coefficient (Wildman–Crippen LogP) is 2.72. The number of aromatic nitrogens is 3. The number of nitrogens with one attached hydrogen (secondary N) is 1. The summed E-state index contributed by atoms with van der Waals surface area (Å²) in [6, 6.07) is 3.63. The zero-order valence-corrected chi connectivity index (χ0v) is 12.6. The molecule has 21 heavy (non-hydrogen) atoms. The zero-order chi connectivity index (χ0) is 14.8. The summed E-state index contributed by atoms with van der Waals surface area (Å²) in [7, 11) is 0. The maximum absolute atomic E-state index is 12.1. The Balaban J connectivity index is 2.01. The van der Waals surface area contributed by atoms with E-state index in [-0.39, 0.29) is 10.6 Å². The summed E-state index contributed by atoms with van der Waals surface area (Å²) < 4.78 is 0. The van der Waals surface area contributed by atoms with Crippen LogP contribution in [0.15, 0.2) is 29.3 Å². The van der Waals surface area contributed by atoms with Crippen molar-refractivity contribution in [2.75, 3.05) is 18.0 Å². The molecule has 5 nitrogen and oxygen atoms in total. The van der Waals surface area contributed by atoms with Gasteiger partial charge in [0.15, 0.2) is 5.82 Å². The van der Waals surface area contributed by atoms with Gasteiger partial charge in [-0.15, -0.1) is 0 Å². The summed E-state index contributed by atoms with van der Waals surface area (Å²) in [4.78, 5) is 25.4. The fourth-order valence-electron chi connectivity index (χ4n) is 2.52. The highest BCUT2D eigenvalue weighted by Crippen LogP contribution is 2.27. The highest BCUT2D eigenvalue weighted by Gasteiger charge is 2.21. The molecule has 1 N–H and O–H groups in total. The average molecular weight is 305 g/mol. The van der Waals surface area contributed by atoms with Gasteiger partial charge in [0.2, 0.25) is 0 Å². The molecule has 1 saturated heterocycles. The van der Waals surface area contributed by atoms with Crippen LogP contribution in [0.3, 0.4) is 0 Å². The summed E-state index contributed by atoms with van der Waals surface area (Å²) in [6.07, 6.45) is 5.53. The second-order valence-corrected chi connectivity index (χ2v) is 5.84. The molecule has 3 heterocycles. The molecule has 0 amide bonds. The minimum absolute atomic E-state index is 0.169. The lowest BCUT2D eigenvalue weighted by Crippen LogP contribution is -2.34. The monoisotopic (exact) mass is 304 g/mol. The lowest BCUT2D eigenvalue weighted by atomic mass is 9.99. The number of anilines is 1.